The van der Waals surface area contributed by atoms with Crippen molar-refractivity contribution < 1.29 is 4.79 Å². The maximum Gasteiger partial charge on any atom is 0.226 e. The maximum atomic E-state index is 12.3. The number of likely N-dealkylation sites (tertiary alicyclic amines) is 1. The zero-order chi connectivity index (χ0) is 11.3. The molecule has 3 nitrogen and oxygen atoms in total. The molecule has 2 aliphatic heterocycles. The van der Waals surface area contributed by atoms with Gasteiger partial charge in [-0.3, -0.25) is 4.79 Å². The summed E-state index contributed by atoms with van der Waals surface area (Å²) in [6.07, 6.45) is 3.67. The Kier molecular flexibility index (Phi) is 2.29. The maximum absolute atomic E-state index is 12.3. The Morgan fingerprint density at radius 3 is 2.75 bits per heavy atom. The molecule has 0 aromatic heterocycles. The van der Waals surface area contributed by atoms with Crippen LogP contribution in [0.25, 0.3) is 0 Å². The molecule has 3 rings (SSSR count). The molecule has 0 radical (unpaired) electrons. The van der Waals surface area contributed by atoms with Crippen LogP contribution in [0, 0.1) is 17.3 Å². The summed E-state index contributed by atoms with van der Waals surface area (Å²) in [4.78, 5) is 14.4. The highest BCUT2D eigenvalue weighted by molar-refractivity contribution is 5.82. The number of hydrogen-bond donors (Lipinski definition) is 1. The molecule has 3 atom stereocenters. The lowest BCUT2D eigenvalue weighted by Crippen LogP contribution is -2.41. The Balaban J connectivity index is 1.63. The van der Waals surface area contributed by atoms with Gasteiger partial charge in [0, 0.05) is 25.0 Å². The summed E-state index contributed by atoms with van der Waals surface area (Å²) in [6, 6.07) is 0.583. The van der Waals surface area contributed by atoms with Crippen molar-refractivity contribution in [3.8, 4) is 0 Å². The van der Waals surface area contributed by atoms with Crippen molar-refractivity contribution in [3.63, 3.8) is 0 Å². The lowest BCUT2D eigenvalue weighted by Gasteiger charge is -2.24. The van der Waals surface area contributed by atoms with E-state index in [1.165, 1.54) is 12.8 Å². The van der Waals surface area contributed by atoms with Gasteiger partial charge in [-0.15, -0.1) is 0 Å². The third-order valence-corrected chi connectivity index (χ3v) is 4.72. The second-order valence-corrected chi connectivity index (χ2v) is 6.45. The smallest absolute Gasteiger partial charge is 0.226 e. The van der Waals surface area contributed by atoms with Crippen LogP contribution in [0.4, 0.5) is 0 Å². The molecule has 2 saturated heterocycles. The molecule has 1 amide bonds. The normalized spacial score (nSPS) is 40.6. The largest absolute Gasteiger partial charge is 0.341 e. The van der Waals surface area contributed by atoms with Crippen molar-refractivity contribution in [1.82, 2.24) is 10.2 Å². The van der Waals surface area contributed by atoms with Crippen LogP contribution in [0.3, 0.4) is 0 Å². The van der Waals surface area contributed by atoms with Crippen molar-refractivity contribution in [2.24, 2.45) is 17.3 Å². The third kappa shape index (κ3) is 1.65. The summed E-state index contributed by atoms with van der Waals surface area (Å²) >= 11 is 0. The van der Waals surface area contributed by atoms with E-state index in [0.717, 1.165) is 32.0 Å². The Bertz CT molecular complexity index is 299. The molecule has 3 aliphatic rings. The molecule has 0 spiro atoms. The van der Waals surface area contributed by atoms with E-state index in [1.807, 2.05) is 0 Å². The molecule has 16 heavy (non-hydrogen) atoms. The molecule has 0 aromatic rings. The van der Waals surface area contributed by atoms with Crippen molar-refractivity contribution in [3.05, 3.63) is 0 Å². The van der Waals surface area contributed by atoms with Gasteiger partial charge in [-0.25, -0.2) is 0 Å². The second kappa shape index (κ2) is 3.46. The monoisotopic (exact) mass is 222 g/mol. The topological polar surface area (TPSA) is 32.3 Å². The number of carbonyl (C=O) groups excluding carboxylic acids is 1. The quantitative estimate of drug-likeness (QED) is 0.724. The van der Waals surface area contributed by atoms with E-state index in [9.17, 15) is 4.79 Å². The lowest BCUT2D eigenvalue weighted by atomic mass is 9.94. The highest BCUT2D eigenvalue weighted by Gasteiger charge is 2.53. The molecule has 2 heterocycles. The van der Waals surface area contributed by atoms with Gasteiger partial charge >= 0.3 is 0 Å². The van der Waals surface area contributed by atoms with Gasteiger partial charge in [0.25, 0.3) is 0 Å². The number of carbonyl (C=O) groups is 1. The van der Waals surface area contributed by atoms with Gasteiger partial charge in [-0.2, -0.15) is 0 Å². The predicted molar refractivity (Wildman–Crippen MR) is 63.0 cm³/mol. The van der Waals surface area contributed by atoms with E-state index in [2.05, 4.69) is 24.1 Å². The van der Waals surface area contributed by atoms with Crippen LogP contribution in [0.1, 0.15) is 33.1 Å². The van der Waals surface area contributed by atoms with E-state index < -0.39 is 0 Å². The van der Waals surface area contributed by atoms with E-state index in [-0.39, 0.29) is 5.41 Å². The van der Waals surface area contributed by atoms with E-state index in [4.69, 9.17) is 0 Å². The summed E-state index contributed by atoms with van der Waals surface area (Å²) in [5, 5.41) is 3.55. The summed E-state index contributed by atoms with van der Waals surface area (Å²) < 4.78 is 0. The highest BCUT2D eigenvalue weighted by Crippen LogP contribution is 2.52. The van der Waals surface area contributed by atoms with Gasteiger partial charge < -0.3 is 10.2 Å². The number of amides is 1. The Labute approximate surface area is 97.6 Å². The average Bonchev–Trinajstić information content (AvgIpc) is 2.74. The minimum atomic E-state index is 0.276. The molecule has 0 aromatic carbocycles. The van der Waals surface area contributed by atoms with Crippen LogP contribution in [-0.4, -0.2) is 36.5 Å². The lowest BCUT2D eigenvalue weighted by molar-refractivity contribution is -0.132. The van der Waals surface area contributed by atoms with E-state index in [1.54, 1.807) is 0 Å². The van der Waals surface area contributed by atoms with Crippen LogP contribution >= 0.6 is 0 Å². The average molecular weight is 222 g/mol. The number of nitrogens with one attached hydrogen (secondary N) is 1. The number of fused-ring (bicyclic) bond motifs is 1. The van der Waals surface area contributed by atoms with E-state index in [0.29, 0.717) is 17.9 Å². The molecule has 1 saturated carbocycles. The minimum absolute atomic E-state index is 0.276. The van der Waals surface area contributed by atoms with Crippen molar-refractivity contribution >= 4 is 5.91 Å². The molecule has 0 bridgehead atoms. The molecule has 90 valence electrons. The molecular formula is C13H22N2O. The summed E-state index contributed by atoms with van der Waals surface area (Å²) in [5.74, 6) is 1.45. The molecule has 1 aliphatic carbocycles. The SMILES string of the molecule is CC1(C)CC1C(=O)N1CC2CCCNC2C1. The molecule has 3 heteroatoms. The Morgan fingerprint density at radius 1 is 1.38 bits per heavy atom. The van der Waals surface area contributed by atoms with E-state index >= 15 is 0 Å². The third-order valence-electron chi connectivity index (χ3n) is 4.72. The Morgan fingerprint density at radius 2 is 2.12 bits per heavy atom. The first kappa shape index (κ1) is 10.6. The number of piperidine rings is 1. The van der Waals surface area contributed by atoms with Gasteiger partial charge in [0.05, 0.1) is 0 Å². The van der Waals surface area contributed by atoms with Gasteiger partial charge in [0.1, 0.15) is 0 Å². The van der Waals surface area contributed by atoms with Crippen LogP contribution < -0.4 is 5.32 Å². The molecule has 1 N–H and O–H groups in total. The summed E-state index contributed by atoms with van der Waals surface area (Å²) in [6.45, 7) is 7.51. The van der Waals surface area contributed by atoms with Crippen molar-refractivity contribution in [2.45, 2.75) is 39.2 Å². The van der Waals surface area contributed by atoms with Crippen LogP contribution in [-0.2, 0) is 4.79 Å². The summed E-state index contributed by atoms with van der Waals surface area (Å²) in [7, 11) is 0. The standard InChI is InChI=1S/C13H22N2O/c1-13(2)6-10(13)12(16)15-7-9-4-3-5-14-11(9)8-15/h9-11,14H,3-8H2,1-2H3. The second-order valence-electron chi connectivity index (χ2n) is 6.45. The first-order valence-corrected chi connectivity index (χ1v) is 6.60. The zero-order valence-electron chi connectivity index (χ0n) is 10.3. The van der Waals surface area contributed by atoms with Crippen LogP contribution in [0.15, 0.2) is 0 Å². The fourth-order valence-electron chi connectivity index (χ4n) is 3.34. The first-order chi connectivity index (χ1) is 7.58. The van der Waals surface area contributed by atoms with Gasteiger partial charge in [0.15, 0.2) is 0 Å². The van der Waals surface area contributed by atoms with Crippen LogP contribution in [0.5, 0.6) is 0 Å². The van der Waals surface area contributed by atoms with Gasteiger partial charge in [-0.1, -0.05) is 13.8 Å². The molecule has 3 fully saturated rings. The van der Waals surface area contributed by atoms with Gasteiger partial charge in [0.2, 0.25) is 5.91 Å². The fraction of sp³-hybridized carbons (Fsp3) is 0.923. The highest BCUT2D eigenvalue weighted by atomic mass is 16.2. The number of hydrogen-bond acceptors (Lipinski definition) is 2. The van der Waals surface area contributed by atoms with Gasteiger partial charge in [-0.05, 0) is 37.1 Å². The summed E-state index contributed by atoms with van der Waals surface area (Å²) in [5.41, 5.74) is 0.276. The predicted octanol–water partition coefficient (Wildman–Crippen LogP) is 1.24. The number of nitrogens with zero attached hydrogens (tertiary/aromatic N) is 1. The zero-order valence-corrected chi connectivity index (χ0v) is 10.3. The van der Waals surface area contributed by atoms with Crippen molar-refractivity contribution in [1.29, 1.82) is 0 Å². The molecular weight excluding hydrogens is 200 g/mol. The Hall–Kier alpha value is -0.570. The van der Waals surface area contributed by atoms with Crippen molar-refractivity contribution in [2.75, 3.05) is 19.6 Å². The first-order valence-electron chi connectivity index (χ1n) is 6.60. The fourth-order valence-corrected chi connectivity index (χ4v) is 3.34. The van der Waals surface area contributed by atoms with Crippen LogP contribution in [0.2, 0.25) is 0 Å². The minimum Gasteiger partial charge on any atom is -0.341 e. The molecule has 3 unspecified atom stereocenters. The number of rotatable bonds is 1.